The van der Waals surface area contributed by atoms with Crippen LogP contribution in [0.2, 0.25) is 0 Å². The van der Waals surface area contributed by atoms with Gasteiger partial charge in [-0.05, 0) is 30.5 Å². The lowest BCUT2D eigenvalue weighted by Crippen LogP contribution is -2.53. The molecule has 2 heterocycles. The molecule has 2 saturated heterocycles. The normalized spacial score (nSPS) is 20.6. The monoisotopic (exact) mass is 405 g/mol. The molecule has 6 nitrogen and oxygen atoms in total. The number of amides is 3. The maximum atomic E-state index is 13.1. The summed E-state index contributed by atoms with van der Waals surface area (Å²) < 4.78 is 0. The minimum atomic E-state index is -0.708. The molecule has 0 radical (unpaired) electrons. The van der Waals surface area contributed by atoms with Crippen molar-refractivity contribution in [3.8, 4) is 0 Å². The molecule has 2 aliphatic rings. The number of benzene rings is 2. The lowest BCUT2D eigenvalue weighted by Gasteiger charge is -2.40. The number of piperidine rings is 1. The Morgan fingerprint density at radius 1 is 0.967 bits per heavy atom. The third-order valence-electron chi connectivity index (χ3n) is 6.04. The lowest BCUT2D eigenvalue weighted by molar-refractivity contribution is -0.140. The first-order chi connectivity index (χ1) is 14.5. The van der Waals surface area contributed by atoms with E-state index in [9.17, 15) is 14.4 Å². The van der Waals surface area contributed by atoms with Crippen molar-refractivity contribution >= 4 is 23.4 Å². The fraction of sp³-hybridized carbons (Fsp3) is 0.375. The molecular weight excluding hydrogens is 378 g/mol. The van der Waals surface area contributed by atoms with E-state index in [2.05, 4.69) is 17.0 Å². The molecule has 156 valence electrons. The van der Waals surface area contributed by atoms with E-state index in [1.54, 1.807) is 29.2 Å². The van der Waals surface area contributed by atoms with Crippen LogP contribution in [0.1, 0.15) is 31.7 Å². The second kappa shape index (κ2) is 8.79. The second-order valence-corrected chi connectivity index (χ2v) is 8.04. The minimum Gasteiger partial charge on any atom is -0.327 e. The van der Waals surface area contributed by atoms with Crippen molar-refractivity contribution < 1.29 is 14.4 Å². The van der Waals surface area contributed by atoms with E-state index in [4.69, 9.17) is 0 Å². The van der Waals surface area contributed by atoms with Crippen LogP contribution in [0.3, 0.4) is 0 Å². The SMILES string of the molecule is CC(=O)N(C1CCN(Cc2ccccc2)CC1)C1CC(=O)N(c2ccccc2)C1=O. The molecule has 0 bridgehead atoms. The number of hydrogen-bond acceptors (Lipinski definition) is 4. The zero-order chi connectivity index (χ0) is 21.1. The largest absolute Gasteiger partial charge is 0.327 e. The number of likely N-dealkylation sites (tertiary alicyclic amines) is 1. The molecule has 1 atom stereocenters. The van der Waals surface area contributed by atoms with Crippen LogP contribution < -0.4 is 4.90 Å². The maximum Gasteiger partial charge on any atom is 0.257 e. The van der Waals surface area contributed by atoms with Crippen molar-refractivity contribution in [3.05, 3.63) is 66.2 Å². The summed E-state index contributed by atoms with van der Waals surface area (Å²) >= 11 is 0. The molecule has 0 N–H and O–H groups in total. The van der Waals surface area contributed by atoms with E-state index in [-0.39, 0.29) is 30.2 Å². The third-order valence-corrected chi connectivity index (χ3v) is 6.04. The van der Waals surface area contributed by atoms with Crippen molar-refractivity contribution in [2.75, 3.05) is 18.0 Å². The van der Waals surface area contributed by atoms with Gasteiger partial charge in [-0.2, -0.15) is 0 Å². The zero-order valence-corrected chi connectivity index (χ0v) is 17.2. The summed E-state index contributed by atoms with van der Waals surface area (Å²) in [5.74, 6) is -0.686. The molecule has 0 spiro atoms. The van der Waals surface area contributed by atoms with E-state index in [0.717, 1.165) is 32.5 Å². The fourth-order valence-electron chi connectivity index (χ4n) is 4.61. The number of carbonyl (C=O) groups excluding carboxylic acids is 3. The van der Waals surface area contributed by atoms with Gasteiger partial charge in [-0.15, -0.1) is 0 Å². The fourth-order valence-corrected chi connectivity index (χ4v) is 4.61. The second-order valence-electron chi connectivity index (χ2n) is 8.04. The Morgan fingerprint density at radius 3 is 2.17 bits per heavy atom. The first-order valence-corrected chi connectivity index (χ1v) is 10.5. The van der Waals surface area contributed by atoms with Gasteiger partial charge in [-0.3, -0.25) is 19.3 Å². The van der Waals surface area contributed by atoms with Gasteiger partial charge >= 0.3 is 0 Å². The van der Waals surface area contributed by atoms with Crippen LogP contribution in [0, 0.1) is 0 Å². The van der Waals surface area contributed by atoms with Gasteiger partial charge in [-0.25, -0.2) is 4.90 Å². The van der Waals surface area contributed by atoms with Crippen LogP contribution in [-0.2, 0) is 20.9 Å². The number of para-hydroxylation sites is 1. The standard InChI is InChI=1S/C24H27N3O3/c1-18(28)26(21-12-14-25(15-13-21)17-19-8-4-2-5-9-19)22-16-23(29)27(24(22)30)20-10-6-3-7-11-20/h2-11,21-22H,12-17H2,1H3. The average molecular weight is 405 g/mol. The average Bonchev–Trinajstić information content (AvgIpc) is 3.04. The highest BCUT2D eigenvalue weighted by molar-refractivity contribution is 6.23. The molecule has 2 aromatic rings. The Morgan fingerprint density at radius 2 is 1.57 bits per heavy atom. The summed E-state index contributed by atoms with van der Waals surface area (Å²) in [6.07, 6.45) is 1.66. The Labute approximate surface area is 177 Å². The van der Waals surface area contributed by atoms with E-state index in [0.29, 0.717) is 5.69 Å². The van der Waals surface area contributed by atoms with Crippen molar-refractivity contribution in [2.45, 2.75) is 44.8 Å². The van der Waals surface area contributed by atoms with Gasteiger partial charge < -0.3 is 4.90 Å². The maximum absolute atomic E-state index is 13.1. The van der Waals surface area contributed by atoms with Gasteiger partial charge in [0.2, 0.25) is 11.8 Å². The van der Waals surface area contributed by atoms with E-state index >= 15 is 0 Å². The van der Waals surface area contributed by atoms with Crippen LogP contribution in [0.4, 0.5) is 5.69 Å². The highest BCUT2D eigenvalue weighted by atomic mass is 16.2. The smallest absolute Gasteiger partial charge is 0.257 e. The Kier molecular flexibility index (Phi) is 5.95. The highest BCUT2D eigenvalue weighted by Crippen LogP contribution is 2.29. The van der Waals surface area contributed by atoms with Crippen molar-refractivity contribution in [1.29, 1.82) is 0 Å². The van der Waals surface area contributed by atoms with Crippen molar-refractivity contribution in [1.82, 2.24) is 9.80 Å². The quantitative estimate of drug-likeness (QED) is 0.718. The predicted molar refractivity (Wildman–Crippen MR) is 115 cm³/mol. The van der Waals surface area contributed by atoms with Gasteiger partial charge in [0.05, 0.1) is 12.1 Å². The summed E-state index contributed by atoms with van der Waals surface area (Å²) in [4.78, 5) is 43.5. The van der Waals surface area contributed by atoms with Gasteiger partial charge in [0, 0.05) is 32.6 Å². The molecule has 3 amide bonds. The van der Waals surface area contributed by atoms with Crippen LogP contribution in [-0.4, -0.2) is 52.7 Å². The van der Waals surface area contributed by atoms with Gasteiger partial charge in [0.15, 0.2) is 0 Å². The molecular formula is C24H27N3O3. The highest BCUT2D eigenvalue weighted by Gasteiger charge is 2.46. The van der Waals surface area contributed by atoms with E-state index in [1.807, 2.05) is 24.3 Å². The summed E-state index contributed by atoms with van der Waals surface area (Å²) in [7, 11) is 0. The Balaban J connectivity index is 1.44. The number of rotatable bonds is 5. The number of carbonyl (C=O) groups is 3. The van der Waals surface area contributed by atoms with Crippen molar-refractivity contribution in [2.24, 2.45) is 0 Å². The zero-order valence-electron chi connectivity index (χ0n) is 17.2. The summed E-state index contributed by atoms with van der Waals surface area (Å²) in [5, 5.41) is 0. The summed E-state index contributed by atoms with van der Waals surface area (Å²) in [6.45, 7) is 4.11. The molecule has 6 heteroatoms. The number of hydrogen-bond donors (Lipinski definition) is 0. The van der Waals surface area contributed by atoms with E-state index < -0.39 is 6.04 Å². The third kappa shape index (κ3) is 4.14. The number of nitrogens with zero attached hydrogens (tertiary/aromatic N) is 3. The molecule has 0 saturated carbocycles. The van der Waals surface area contributed by atoms with Crippen LogP contribution in [0.15, 0.2) is 60.7 Å². The topological polar surface area (TPSA) is 60.9 Å². The molecule has 2 aliphatic heterocycles. The number of anilines is 1. The lowest BCUT2D eigenvalue weighted by atomic mass is 9.99. The molecule has 4 rings (SSSR count). The molecule has 0 aliphatic carbocycles. The summed E-state index contributed by atoms with van der Waals surface area (Å²) in [5.41, 5.74) is 1.84. The van der Waals surface area contributed by atoms with Gasteiger partial charge in [-0.1, -0.05) is 48.5 Å². The first-order valence-electron chi connectivity index (χ1n) is 10.5. The molecule has 2 fully saturated rings. The Hall–Kier alpha value is -2.99. The molecule has 30 heavy (non-hydrogen) atoms. The molecule has 0 aromatic heterocycles. The predicted octanol–water partition coefficient (Wildman–Crippen LogP) is 2.83. The van der Waals surface area contributed by atoms with Crippen LogP contribution in [0.5, 0.6) is 0 Å². The Bertz CT molecular complexity index is 908. The van der Waals surface area contributed by atoms with Crippen LogP contribution >= 0.6 is 0 Å². The van der Waals surface area contributed by atoms with Crippen LogP contribution in [0.25, 0.3) is 0 Å². The summed E-state index contributed by atoms with van der Waals surface area (Å²) in [6, 6.07) is 18.6. The van der Waals surface area contributed by atoms with Gasteiger partial charge in [0.1, 0.15) is 6.04 Å². The van der Waals surface area contributed by atoms with E-state index in [1.165, 1.54) is 17.4 Å². The number of imide groups is 1. The molecule has 1 unspecified atom stereocenters. The molecule has 2 aromatic carbocycles. The van der Waals surface area contributed by atoms with Crippen molar-refractivity contribution in [3.63, 3.8) is 0 Å². The first kappa shape index (κ1) is 20.3. The minimum absolute atomic E-state index is 0.0213. The van der Waals surface area contributed by atoms with Gasteiger partial charge in [0.25, 0.3) is 5.91 Å².